The van der Waals surface area contributed by atoms with Crippen molar-refractivity contribution in [1.82, 2.24) is 0 Å². The lowest BCUT2D eigenvalue weighted by atomic mass is 10.1. The van der Waals surface area contributed by atoms with E-state index in [-0.39, 0.29) is 17.7 Å². The summed E-state index contributed by atoms with van der Waals surface area (Å²) in [5, 5.41) is 3.49. The zero-order chi connectivity index (χ0) is 15.2. The summed E-state index contributed by atoms with van der Waals surface area (Å²) in [5.74, 6) is -0.0316. The van der Waals surface area contributed by atoms with Crippen LogP contribution in [0.3, 0.4) is 0 Å². The molecule has 3 nitrogen and oxygen atoms in total. The molecule has 2 aromatic rings. The number of hydrogen-bond donors (Lipinski definition) is 2. The first-order valence-corrected chi connectivity index (χ1v) is 8.37. The fourth-order valence-corrected chi connectivity index (χ4v) is 3.38. The first-order chi connectivity index (χ1) is 10.1. The number of amides is 1. The topological polar surface area (TPSA) is 55.1 Å². The third-order valence-electron chi connectivity index (χ3n) is 3.00. The van der Waals surface area contributed by atoms with Gasteiger partial charge in [-0.25, -0.2) is 0 Å². The van der Waals surface area contributed by atoms with Gasteiger partial charge >= 0.3 is 0 Å². The van der Waals surface area contributed by atoms with Crippen LogP contribution in [0.5, 0.6) is 0 Å². The molecule has 2 rings (SSSR count). The fraction of sp³-hybridized carbons (Fsp3) is 0.188. The summed E-state index contributed by atoms with van der Waals surface area (Å²) >= 11 is 5.02. The SMILES string of the molecule is CC(Nc1ccccc1SCC(N)=O)c1ccccc1Br. The Labute approximate surface area is 137 Å². The summed E-state index contributed by atoms with van der Waals surface area (Å²) in [6, 6.07) is 16.2. The van der Waals surface area contributed by atoms with Gasteiger partial charge in [-0.15, -0.1) is 11.8 Å². The molecule has 1 atom stereocenters. The van der Waals surface area contributed by atoms with E-state index in [0.29, 0.717) is 0 Å². The highest BCUT2D eigenvalue weighted by molar-refractivity contribution is 9.10. The average molecular weight is 365 g/mol. The summed E-state index contributed by atoms with van der Waals surface area (Å²) in [4.78, 5) is 12.0. The summed E-state index contributed by atoms with van der Waals surface area (Å²) in [6.07, 6.45) is 0. The van der Waals surface area contributed by atoms with Crippen molar-refractivity contribution in [3.63, 3.8) is 0 Å². The number of nitrogens with one attached hydrogen (secondary N) is 1. The van der Waals surface area contributed by atoms with Gasteiger partial charge in [0.1, 0.15) is 0 Å². The molecule has 21 heavy (non-hydrogen) atoms. The molecule has 2 aromatic carbocycles. The van der Waals surface area contributed by atoms with Gasteiger partial charge < -0.3 is 11.1 Å². The molecule has 1 amide bonds. The molecule has 0 aliphatic carbocycles. The van der Waals surface area contributed by atoms with Crippen LogP contribution in [-0.2, 0) is 4.79 Å². The number of rotatable bonds is 6. The minimum atomic E-state index is -0.311. The van der Waals surface area contributed by atoms with E-state index in [9.17, 15) is 4.79 Å². The van der Waals surface area contributed by atoms with Crippen LogP contribution in [0.15, 0.2) is 57.9 Å². The molecule has 0 aliphatic rings. The van der Waals surface area contributed by atoms with Crippen LogP contribution >= 0.6 is 27.7 Å². The summed E-state index contributed by atoms with van der Waals surface area (Å²) in [5.41, 5.74) is 7.41. The number of thioether (sulfide) groups is 1. The minimum Gasteiger partial charge on any atom is -0.378 e. The van der Waals surface area contributed by atoms with E-state index in [1.54, 1.807) is 0 Å². The van der Waals surface area contributed by atoms with Crippen molar-refractivity contribution >= 4 is 39.3 Å². The van der Waals surface area contributed by atoms with Crippen LogP contribution in [0.25, 0.3) is 0 Å². The van der Waals surface area contributed by atoms with E-state index < -0.39 is 0 Å². The Bertz CT molecular complexity index is 633. The van der Waals surface area contributed by atoms with Gasteiger partial charge in [0.05, 0.1) is 5.75 Å². The molecule has 0 saturated carbocycles. The van der Waals surface area contributed by atoms with Crippen molar-refractivity contribution in [3.05, 3.63) is 58.6 Å². The maximum absolute atomic E-state index is 10.9. The summed E-state index contributed by atoms with van der Waals surface area (Å²) in [7, 11) is 0. The third-order valence-corrected chi connectivity index (χ3v) is 4.82. The lowest BCUT2D eigenvalue weighted by Crippen LogP contribution is -2.13. The standard InChI is InChI=1S/C16H17BrN2OS/c1-11(12-6-2-3-7-13(12)17)19-14-8-4-5-9-15(14)21-10-16(18)20/h2-9,11,19H,10H2,1H3,(H2,18,20). The Morgan fingerprint density at radius 1 is 1.24 bits per heavy atom. The van der Waals surface area contributed by atoms with Crippen molar-refractivity contribution in [2.24, 2.45) is 5.73 Å². The van der Waals surface area contributed by atoms with Crippen molar-refractivity contribution in [2.45, 2.75) is 17.9 Å². The number of halogens is 1. The second-order valence-electron chi connectivity index (χ2n) is 4.64. The molecule has 0 radical (unpaired) electrons. The first-order valence-electron chi connectivity index (χ1n) is 6.59. The molecule has 0 saturated heterocycles. The Kier molecular flexibility index (Phi) is 5.70. The Morgan fingerprint density at radius 3 is 2.62 bits per heavy atom. The van der Waals surface area contributed by atoms with E-state index in [2.05, 4.69) is 34.2 Å². The number of anilines is 1. The van der Waals surface area contributed by atoms with Crippen molar-refractivity contribution < 1.29 is 4.79 Å². The zero-order valence-corrected chi connectivity index (χ0v) is 14.1. The second kappa shape index (κ2) is 7.52. The van der Waals surface area contributed by atoms with E-state index in [0.717, 1.165) is 15.1 Å². The largest absolute Gasteiger partial charge is 0.378 e. The molecular formula is C16H17BrN2OS. The Balaban J connectivity index is 2.15. The molecule has 0 heterocycles. The van der Waals surface area contributed by atoms with E-state index >= 15 is 0 Å². The van der Waals surface area contributed by atoms with Crippen LogP contribution in [0.2, 0.25) is 0 Å². The molecule has 3 N–H and O–H groups in total. The normalized spacial score (nSPS) is 11.9. The van der Waals surface area contributed by atoms with Gasteiger partial charge in [0.25, 0.3) is 0 Å². The number of para-hydroxylation sites is 1. The van der Waals surface area contributed by atoms with Gasteiger partial charge in [0, 0.05) is 21.1 Å². The number of carbonyl (C=O) groups is 1. The molecule has 1 unspecified atom stereocenters. The van der Waals surface area contributed by atoms with Gasteiger partial charge in [-0.2, -0.15) is 0 Å². The van der Waals surface area contributed by atoms with E-state index in [1.807, 2.05) is 42.5 Å². The third kappa shape index (κ3) is 4.51. The molecule has 0 spiro atoms. The average Bonchev–Trinajstić information content (AvgIpc) is 2.46. The van der Waals surface area contributed by atoms with Crippen LogP contribution < -0.4 is 11.1 Å². The fourth-order valence-electron chi connectivity index (χ4n) is 2.00. The lowest BCUT2D eigenvalue weighted by molar-refractivity contribution is -0.115. The van der Waals surface area contributed by atoms with Gasteiger partial charge in [-0.1, -0.05) is 46.3 Å². The highest BCUT2D eigenvalue weighted by Crippen LogP contribution is 2.31. The van der Waals surface area contributed by atoms with Gasteiger partial charge in [-0.3, -0.25) is 4.79 Å². The van der Waals surface area contributed by atoms with Crippen molar-refractivity contribution in [3.8, 4) is 0 Å². The predicted octanol–water partition coefficient (Wildman–Crippen LogP) is 4.20. The smallest absolute Gasteiger partial charge is 0.227 e. The molecular weight excluding hydrogens is 348 g/mol. The van der Waals surface area contributed by atoms with E-state index in [4.69, 9.17) is 5.73 Å². The first kappa shape index (κ1) is 15.9. The van der Waals surface area contributed by atoms with Gasteiger partial charge in [0.15, 0.2) is 0 Å². The molecule has 110 valence electrons. The molecule has 5 heteroatoms. The Morgan fingerprint density at radius 2 is 1.90 bits per heavy atom. The van der Waals surface area contributed by atoms with Crippen LogP contribution in [-0.4, -0.2) is 11.7 Å². The number of nitrogens with two attached hydrogens (primary N) is 1. The lowest BCUT2D eigenvalue weighted by Gasteiger charge is -2.19. The number of hydrogen-bond acceptors (Lipinski definition) is 3. The Hall–Kier alpha value is -1.46. The van der Waals surface area contributed by atoms with Crippen LogP contribution in [0.1, 0.15) is 18.5 Å². The predicted molar refractivity (Wildman–Crippen MR) is 92.5 cm³/mol. The number of carbonyl (C=O) groups excluding carboxylic acids is 1. The van der Waals surface area contributed by atoms with Crippen molar-refractivity contribution in [2.75, 3.05) is 11.1 Å². The number of primary amides is 1. The van der Waals surface area contributed by atoms with Crippen LogP contribution in [0.4, 0.5) is 5.69 Å². The van der Waals surface area contributed by atoms with Gasteiger partial charge in [0.2, 0.25) is 5.91 Å². The second-order valence-corrected chi connectivity index (χ2v) is 6.51. The summed E-state index contributed by atoms with van der Waals surface area (Å²) < 4.78 is 1.08. The van der Waals surface area contributed by atoms with Gasteiger partial charge in [-0.05, 0) is 30.7 Å². The maximum Gasteiger partial charge on any atom is 0.227 e. The maximum atomic E-state index is 10.9. The molecule has 0 aliphatic heterocycles. The quantitative estimate of drug-likeness (QED) is 0.755. The van der Waals surface area contributed by atoms with Crippen molar-refractivity contribution in [1.29, 1.82) is 0 Å². The van der Waals surface area contributed by atoms with Crippen LogP contribution in [0, 0.1) is 0 Å². The summed E-state index contributed by atoms with van der Waals surface area (Å²) in [6.45, 7) is 2.11. The molecule has 0 aromatic heterocycles. The van der Waals surface area contributed by atoms with E-state index in [1.165, 1.54) is 17.3 Å². The molecule has 0 fully saturated rings. The highest BCUT2D eigenvalue weighted by atomic mass is 79.9. The monoisotopic (exact) mass is 364 g/mol. The highest BCUT2D eigenvalue weighted by Gasteiger charge is 2.11. The number of benzene rings is 2. The zero-order valence-electron chi connectivity index (χ0n) is 11.7. The minimum absolute atomic E-state index is 0.149. The molecule has 0 bridgehead atoms.